The summed E-state index contributed by atoms with van der Waals surface area (Å²) in [7, 11) is 1.70. The Morgan fingerprint density at radius 1 is 1.16 bits per heavy atom. The van der Waals surface area contributed by atoms with Crippen molar-refractivity contribution in [3.8, 4) is 5.75 Å². The first-order valence-electron chi connectivity index (χ1n) is 8.83. The SMILES string of the molecule is COc1cccc(Sc2ccc3c(c2)CC[C@H]2NC(=O)CC[C@]32C)c1. The van der Waals surface area contributed by atoms with E-state index >= 15 is 0 Å². The van der Waals surface area contributed by atoms with Crippen LogP contribution < -0.4 is 10.1 Å². The van der Waals surface area contributed by atoms with Gasteiger partial charge in [0.15, 0.2) is 0 Å². The number of carbonyl (C=O) groups excluding carboxylic acids is 1. The molecule has 0 unspecified atom stereocenters. The molecule has 4 heteroatoms. The minimum atomic E-state index is 0.0701. The second-order valence-electron chi connectivity index (χ2n) is 7.18. The van der Waals surface area contributed by atoms with E-state index in [4.69, 9.17) is 4.74 Å². The van der Waals surface area contributed by atoms with Crippen molar-refractivity contribution in [1.82, 2.24) is 5.32 Å². The monoisotopic (exact) mass is 353 g/mol. The lowest BCUT2D eigenvalue weighted by molar-refractivity contribution is -0.125. The number of nitrogens with one attached hydrogen (secondary N) is 1. The number of ether oxygens (including phenoxy) is 1. The molecule has 0 saturated carbocycles. The van der Waals surface area contributed by atoms with Gasteiger partial charge in [0.25, 0.3) is 0 Å². The number of methoxy groups -OCH3 is 1. The van der Waals surface area contributed by atoms with Crippen LogP contribution in [0.1, 0.15) is 37.3 Å². The fourth-order valence-electron chi connectivity index (χ4n) is 4.18. The highest BCUT2D eigenvalue weighted by molar-refractivity contribution is 7.99. The van der Waals surface area contributed by atoms with E-state index in [1.807, 2.05) is 12.1 Å². The van der Waals surface area contributed by atoms with Gasteiger partial charge in [-0.1, -0.05) is 30.8 Å². The van der Waals surface area contributed by atoms with Crippen LogP contribution in [0.4, 0.5) is 0 Å². The van der Waals surface area contributed by atoms with E-state index in [0.717, 1.165) is 25.0 Å². The van der Waals surface area contributed by atoms with Crippen LogP contribution in [0.15, 0.2) is 52.3 Å². The Hall–Kier alpha value is -1.94. The molecule has 3 nitrogen and oxygen atoms in total. The molecule has 25 heavy (non-hydrogen) atoms. The van der Waals surface area contributed by atoms with Gasteiger partial charge >= 0.3 is 0 Å². The number of fused-ring (bicyclic) bond motifs is 3. The highest BCUT2D eigenvalue weighted by Crippen LogP contribution is 2.44. The molecule has 0 spiro atoms. The Kier molecular flexibility index (Phi) is 4.24. The van der Waals surface area contributed by atoms with Crippen LogP contribution in [-0.2, 0) is 16.6 Å². The van der Waals surface area contributed by atoms with Gasteiger partial charge in [0.05, 0.1) is 7.11 Å². The van der Waals surface area contributed by atoms with E-state index in [1.54, 1.807) is 18.9 Å². The Morgan fingerprint density at radius 3 is 2.84 bits per heavy atom. The Bertz CT molecular complexity index is 819. The number of benzene rings is 2. The van der Waals surface area contributed by atoms with Crippen molar-refractivity contribution in [2.24, 2.45) is 0 Å². The topological polar surface area (TPSA) is 38.3 Å². The molecule has 0 bridgehead atoms. The van der Waals surface area contributed by atoms with E-state index in [2.05, 4.69) is 42.6 Å². The van der Waals surface area contributed by atoms with Crippen LogP contribution >= 0.6 is 11.8 Å². The molecular formula is C21H23NO2S. The average Bonchev–Trinajstić information content (AvgIpc) is 2.62. The van der Waals surface area contributed by atoms with Crippen LogP contribution in [0.5, 0.6) is 5.75 Å². The van der Waals surface area contributed by atoms with Gasteiger partial charge in [0.1, 0.15) is 5.75 Å². The van der Waals surface area contributed by atoms with Gasteiger partial charge in [0.2, 0.25) is 5.91 Å². The second-order valence-corrected chi connectivity index (χ2v) is 8.32. The van der Waals surface area contributed by atoms with Crippen LogP contribution in [0.3, 0.4) is 0 Å². The van der Waals surface area contributed by atoms with Gasteiger partial charge in [-0.15, -0.1) is 0 Å². The molecular weight excluding hydrogens is 330 g/mol. The van der Waals surface area contributed by atoms with Gasteiger partial charge in [0, 0.05) is 27.7 Å². The summed E-state index contributed by atoms with van der Waals surface area (Å²) >= 11 is 1.77. The third kappa shape index (κ3) is 3.04. The number of amides is 1. The minimum absolute atomic E-state index is 0.0701. The highest BCUT2D eigenvalue weighted by atomic mass is 32.2. The fraction of sp³-hybridized carbons (Fsp3) is 0.381. The van der Waals surface area contributed by atoms with Crippen molar-refractivity contribution in [3.63, 3.8) is 0 Å². The van der Waals surface area contributed by atoms with Gasteiger partial charge in [-0.05, 0) is 60.7 Å². The summed E-state index contributed by atoms with van der Waals surface area (Å²) in [4.78, 5) is 14.2. The first-order chi connectivity index (χ1) is 12.1. The molecule has 130 valence electrons. The van der Waals surface area contributed by atoms with E-state index in [9.17, 15) is 4.79 Å². The van der Waals surface area contributed by atoms with Gasteiger partial charge in [-0.2, -0.15) is 0 Å². The van der Waals surface area contributed by atoms with Crippen LogP contribution in [-0.4, -0.2) is 19.1 Å². The lowest BCUT2D eigenvalue weighted by Gasteiger charge is -2.46. The summed E-state index contributed by atoms with van der Waals surface area (Å²) < 4.78 is 5.32. The Balaban J connectivity index is 1.61. The van der Waals surface area contributed by atoms with Crippen LogP contribution in [0, 0.1) is 0 Å². The zero-order valence-electron chi connectivity index (χ0n) is 14.7. The summed E-state index contributed by atoms with van der Waals surface area (Å²) in [6.07, 6.45) is 3.64. The zero-order chi connectivity index (χ0) is 17.4. The van der Waals surface area contributed by atoms with Crippen molar-refractivity contribution in [2.45, 2.75) is 53.9 Å². The lowest BCUT2D eigenvalue weighted by Crippen LogP contribution is -2.55. The summed E-state index contributed by atoms with van der Waals surface area (Å²) in [5, 5.41) is 3.21. The molecule has 2 atom stereocenters. The maximum atomic E-state index is 11.8. The third-order valence-corrected chi connectivity index (χ3v) is 6.63. The maximum Gasteiger partial charge on any atom is 0.220 e. The average molecular weight is 353 g/mol. The highest BCUT2D eigenvalue weighted by Gasteiger charge is 2.43. The Morgan fingerprint density at radius 2 is 2.00 bits per heavy atom. The molecule has 1 aliphatic carbocycles. The minimum Gasteiger partial charge on any atom is -0.497 e. The third-order valence-electron chi connectivity index (χ3n) is 5.65. The van der Waals surface area contributed by atoms with Crippen molar-refractivity contribution in [3.05, 3.63) is 53.6 Å². The van der Waals surface area contributed by atoms with Crippen molar-refractivity contribution in [1.29, 1.82) is 0 Å². The van der Waals surface area contributed by atoms with Crippen molar-refractivity contribution < 1.29 is 9.53 Å². The Labute approximate surface area is 153 Å². The van der Waals surface area contributed by atoms with Gasteiger partial charge in [-0.3, -0.25) is 4.79 Å². The first-order valence-corrected chi connectivity index (χ1v) is 9.65. The fourth-order valence-corrected chi connectivity index (χ4v) is 5.12. The maximum absolute atomic E-state index is 11.8. The summed E-state index contributed by atoms with van der Waals surface area (Å²) in [5.41, 5.74) is 2.92. The molecule has 1 heterocycles. The number of aryl methyl sites for hydroxylation is 1. The van der Waals surface area contributed by atoms with E-state index in [1.165, 1.54) is 20.9 Å². The van der Waals surface area contributed by atoms with Crippen LogP contribution in [0.25, 0.3) is 0 Å². The number of hydrogen-bond acceptors (Lipinski definition) is 3. The molecule has 1 saturated heterocycles. The van der Waals surface area contributed by atoms with Gasteiger partial charge < -0.3 is 10.1 Å². The predicted molar refractivity (Wildman–Crippen MR) is 100 cm³/mol. The molecule has 1 N–H and O–H groups in total. The zero-order valence-corrected chi connectivity index (χ0v) is 15.5. The molecule has 1 aliphatic heterocycles. The van der Waals surface area contributed by atoms with E-state index in [0.29, 0.717) is 6.42 Å². The smallest absolute Gasteiger partial charge is 0.220 e. The quantitative estimate of drug-likeness (QED) is 0.893. The molecule has 1 fully saturated rings. The number of rotatable bonds is 3. The van der Waals surface area contributed by atoms with E-state index in [-0.39, 0.29) is 17.4 Å². The van der Waals surface area contributed by atoms with E-state index < -0.39 is 0 Å². The molecule has 2 aromatic carbocycles. The van der Waals surface area contributed by atoms with Crippen molar-refractivity contribution >= 4 is 17.7 Å². The summed E-state index contributed by atoms with van der Waals surface area (Å²) in [6.45, 7) is 2.31. The second kappa shape index (κ2) is 6.41. The van der Waals surface area contributed by atoms with Gasteiger partial charge in [-0.25, -0.2) is 0 Å². The molecule has 2 aliphatic rings. The molecule has 4 rings (SSSR count). The standard InChI is InChI=1S/C21H23NO2S/c1-21-11-10-20(23)22-19(21)9-6-14-12-17(7-8-18(14)21)25-16-5-3-4-15(13-16)24-2/h3-5,7-8,12-13,19H,6,9-11H2,1-2H3,(H,22,23)/t19-,21-/m1/s1. The first kappa shape index (κ1) is 16.5. The summed E-state index contributed by atoms with van der Waals surface area (Å²) in [6, 6.07) is 15.3. The predicted octanol–water partition coefficient (Wildman–Crippen LogP) is 4.33. The molecule has 0 radical (unpaired) electrons. The van der Waals surface area contributed by atoms with Crippen molar-refractivity contribution in [2.75, 3.05) is 7.11 Å². The number of carbonyl (C=O) groups is 1. The lowest BCUT2D eigenvalue weighted by atomic mass is 9.64. The molecule has 2 aromatic rings. The molecule has 1 amide bonds. The largest absolute Gasteiger partial charge is 0.497 e. The normalized spacial score (nSPS) is 24.9. The number of hydrogen-bond donors (Lipinski definition) is 1. The molecule has 0 aromatic heterocycles. The summed E-state index contributed by atoms with van der Waals surface area (Å²) in [5.74, 6) is 1.09. The van der Waals surface area contributed by atoms with Crippen LogP contribution in [0.2, 0.25) is 0 Å². The number of piperidine rings is 1.